The highest BCUT2D eigenvalue weighted by molar-refractivity contribution is 9.10. The van der Waals surface area contributed by atoms with E-state index < -0.39 is 5.60 Å². The molecule has 26 heavy (non-hydrogen) atoms. The van der Waals surface area contributed by atoms with E-state index in [1.54, 1.807) is 6.07 Å². The third-order valence-corrected chi connectivity index (χ3v) is 4.59. The SMILES string of the molecule is COC(=O)c1ccc(Br)cc1CN1CCC[C@H](NC(=O)OC(C)(C)C)C1. The van der Waals surface area contributed by atoms with Crippen molar-refractivity contribution in [1.82, 2.24) is 10.2 Å². The highest BCUT2D eigenvalue weighted by atomic mass is 79.9. The molecule has 1 N–H and O–H groups in total. The predicted molar refractivity (Wildman–Crippen MR) is 103 cm³/mol. The summed E-state index contributed by atoms with van der Waals surface area (Å²) < 4.78 is 11.1. The van der Waals surface area contributed by atoms with Gasteiger partial charge in [0.2, 0.25) is 0 Å². The fourth-order valence-electron chi connectivity index (χ4n) is 3.03. The van der Waals surface area contributed by atoms with Crippen LogP contribution in [0.2, 0.25) is 0 Å². The first-order valence-corrected chi connectivity index (χ1v) is 9.56. The van der Waals surface area contributed by atoms with Crippen LogP contribution >= 0.6 is 15.9 Å². The van der Waals surface area contributed by atoms with E-state index in [9.17, 15) is 9.59 Å². The van der Waals surface area contributed by atoms with Gasteiger partial charge in [-0.05, 0) is 63.9 Å². The lowest BCUT2D eigenvalue weighted by atomic mass is 10.0. The summed E-state index contributed by atoms with van der Waals surface area (Å²) in [5.41, 5.74) is 0.964. The molecule has 1 fully saturated rings. The van der Waals surface area contributed by atoms with E-state index in [-0.39, 0.29) is 18.1 Å². The summed E-state index contributed by atoms with van der Waals surface area (Å²) in [6.07, 6.45) is 1.50. The molecule has 7 heteroatoms. The highest BCUT2D eigenvalue weighted by Crippen LogP contribution is 2.21. The van der Waals surface area contributed by atoms with Crippen molar-refractivity contribution in [3.8, 4) is 0 Å². The molecule has 1 heterocycles. The van der Waals surface area contributed by atoms with E-state index in [1.807, 2.05) is 32.9 Å². The Bertz CT molecular complexity index is 657. The molecule has 0 spiro atoms. The molecule has 1 aromatic rings. The lowest BCUT2D eigenvalue weighted by molar-refractivity contribution is 0.0470. The quantitative estimate of drug-likeness (QED) is 0.742. The van der Waals surface area contributed by atoms with Gasteiger partial charge in [-0.25, -0.2) is 9.59 Å². The van der Waals surface area contributed by atoms with Crippen molar-refractivity contribution in [3.05, 3.63) is 33.8 Å². The maximum absolute atomic E-state index is 12.0. The van der Waals surface area contributed by atoms with Crippen molar-refractivity contribution in [1.29, 1.82) is 0 Å². The molecular formula is C19H27BrN2O4. The number of nitrogens with zero attached hydrogens (tertiary/aromatic N) is 1. The topological polar surface area (TPSA) is 67.9 Å². The number of benzene rings is 1. The van der Waals surface area contributed by atoms with E-state index in [0.29, 0.717) is 18.7 Å². The van der Waals surface area contributed by atoms with Crippen molar-refractivity contribution < 1.29 is 19.1 Å². The van der Waals surface area contributed by atoms with E-state index in [1.165, 1.54) is 7.11 Å². The van der Waals surface area contributed by atoms with Crippen LogP contribution < -0.4 is 5.32 Å². The number of nitrogens with one attached hydrogen (secondary N) is 1. The van der Waals surface area contributed by atoms with Gasteiger partial charge in [0.1, 0.15) is 5.60 Å². The molecule has 2 rings (SSSR count). The lowest BCUT2D eigenvalue weighted by Crippen LogP contribution is -2.48. The van der Waals surface area contributed by atoms with Crippen molar-refractivity contribution in [3.63, 3.8) is 0 Å². The molecule has 0 bridgehead atoms. The maximum atomic E-state index is 12.0. The second-order valence-corrected chi connectivity index (χ2v) is 8.43. The number of carbonyl (C=O) groups excluding carboxylic acids is 2. The van der Waals surface area contributed by atoms with Gasteiger partial charge in [-0.2, -0.15) is 0 Å². The second-order valence-electron chi connectivity index (χ2n) is 7.51. The predicted octanol–water partition coefficient (Wildman–Crippen LogP) is 3.72. The third kappa shape index (κ3) is 6.29. The number of hydrogen-bond acceptors (Lipinski definition) is 5. The Balaban J connectivity index is 2.01. The molecule has 0 unspecified atom stereocenters. The number of halogens is 1. The second kappa shape index (κ2) is 8.86. The number of alkyl carbamates (subject to hydrolysis) is 1. The fourth-order valence-corrected chi connectivity index (χ4v) is 3.44. The Labute approximate surface area is 163 Å². The van der Waals surface area contributed by atoms with Gasteiger partial charge in [0.15, 0.2) is 0 Å². The van der Waals surface area contributed by atoms with Gasteiger partial charge in [-0.1, -0.05) is 15.9 Å². The molecule has 1 amide bonds. The van der Waals surface area contributed by atoms with Crippen LogP contribution in [0.3, 0.4) is 0 Å². The van der Waals surface area contributed by atoms with Gasteiger partial charge in [0, 0.05) is 23.6 Å². The number of likely N-dealkylation sites (tertiary alicyclic amines) is 1. The molecule has 0 radical (unpaired) electrons. The number of amides is 1. The molecular weight excluding hydrogens is 400 g/mol. The number of carbonyl (C=O) groups is 2. The molecule has 0 aliphatic carbocycles. The van der Waals surface area contributed by atoms with E-state index in [0.717, 1.165) is 29.4 Å². The third-order valence-electron chi connectivity index (χ3n) is 4.09. The molecule has 1 aliphatic heterocycles. The number of hydrogen-bond donors (Lipinski definition) is 1. The number of methoxy groups -OCH3 is 1. The summed E-state index contributed by atoms with van der Waals surface area (Å²) in [4.78, 5) is 26.2. The van der Waals surface area contributed by atoms with Crippen LogP contribution in [0.15, 0.2) is 22.7 Å². The molecule has 1 atom stereocenters. The molecule has 1 saturated heterocycles. The molecule has 0 aromatic heterocycles. The van der Waals surface area contributed by atoms with Crippen molar-refractivity contribution in [2.75, 3.05) is 20.2 Å². The molecule has 0 saturated carbocycles. The first kappa shape index (κ1) is 20.7. The minimum Gasteiger partial charge on any atom is -0.465 e. The maximum Gasteiger partial charge on any atom is 0.407 e. The van der Waals surface area contributed by atoms with Crippen LogP contribution in [0.25, 0.3) is 0 Å². The van der Waals surface area contributed by atoms with E-state index in [2.05, 4.69) is 26.1 Å². The first-order chi connectivity index (χ1) is 12.2. The summed E-state index contributed by atoms with van der Waals surface area (Å²) in [6, 6.07) is 5.58. The Morgan fingerprint density at radius 1 is 1.35 bits per heavy atom. The summed E-state index contributed by atoms with van der Waals surface area (Å²) in [7, 11) is 1.38. The van der Waals surface area contributed by atoms with Crippen molar-refractivity contribution in [2.45, 2.75) is 51.8 Å². The smallest absolute Gasteiger partial charge is 0.407 e. The number of esters is 1. The Morgan fingerprint density at radius 2 is 2.08 bits per heavy atom. The summed E-state index contributed by atoms with van der Waals surface area (Å²) in [6.45, 7) is 7.80. The van der Waals surface area contributed by atoms with E-state index >= 15 is 0 Å². The van der Waals surface area contributed by atoms with E-state index in [4.69, 9.17) is 9.47 Å². The zero-order valence-electron chi connectivity index (χ0n) is 15.8. The zero-order valence-corrected chi connectivity index (χ0v) is 17.4. The number of rotatable bonds is 4. The number of piperidine rings is 1. The monoisotopic (exact) mass is 426 g/mol. The largest absolute Gasteiger partial charge is 0.465 e. The number of ether oxygens (including phenoxy) is 2. The minimum absolute atomic E-state index is 0.0346. The summed E-state index contributed by atoms with van der Waals surface area (Å²) >= 11 is 3.46. The molecule has 6 nitrogen and oxygen atoms in total. The minimum atomic E-state index is -0.510. The summed E-state index contributed by atoms with van der Waals surface area (Å²) in [5.74, 6) is -0.340. The first-order valence-electron chi connectivity index (χ1n) is 8.76. The van der Waals surface area contributed by atoms with Crippen molar-refractivity contribution >= 4 is 28.0 Å². The molecule has 144 valence electrons. The molecule has 1 aliphatic rings. The highest BCUT2D eigenvalue weighted by Gasteiger charge is 2.25. The van der Waals surface area contributed by atoms with Crippen LogP contribution in [0, 0.1) is 0 Å². The lowest BCUT2D eigenvalue weighted by Gasteiger charge is -2.33. The van der Waals surface area contributed by atoms with Crippen LogP contribution in [-0.4, -0.2) is 48.8 Å². The van der Waals surface area contributed by atoms with Crippen LogP contribution in [0.4, 0.5) is 4.79 Å². The van der Waals surface area contributed by atoms with Gasteiger partial charge >= 0.3 is 12.1 Å². The van der Waals surface area contributed by atoms with Gasteiger partial charge < -0.3 is 14.8 Å². The average Bonchev–Trinajstić information content (AvgIpc) is 2.52. The van der Waals surface area contributed by atoms with Crippen molar-refractivity contribution in [2.24, 2.45) is 0 Å². The van der Waals surface area contributed by atoms with Crippen LogP contribution in [-0.2, 0) is 16.0 Å². The standard InChI is InChI=1S/C19H27BrN2O4/c1-19(2,3)26-18(24)21-15-6-5-9-22(12-15)11-13-10-14(20)7-8-16(13)17(23)25-4/h7-8,10,15H,5-6,9,11-12H2,1-4H3,(H,21,24)/t15-/m0/s1. The Hall–Kier alpha value is -1.60. The van der Waals surface area contributed by atoms with Gasteiger partial charge in [-0.3, -0.25) is 4.90 Å². The average molecular weight is 427 g/mol. The Kier molecular flexibility index (Phi) is 7.06. The Morgan fingerprint density at radius 3 is 2.73 bits per heavy atom. The zero-order chi connectivity index (χ0) is 19.3. The molecule has 1 aromatic carbocycles. The normalized spacial score (nSPS) is 18.3. The summed E-state index contributed by atoms with van der Waals surface area (Å²) in [5, 5.41) is 2.95. The van der Waals surface area contributed by atoms with Crippen LogP contribution in [0.5, 0.6) is 0 Å². The fraction of sp³-hybridized carbons (Fsp3) is 0.579. The van der Waals surface area contributed by atoms with Gasteiger partial charge in [0.05, 0.1) is 12.7 Å². The van der Waals surface area contributed by atoms with Gasteiger partial charge in [-0.15, -0.1) is 0 Å². The van der Waals surface area contributed by atoms with Crippen LogP contribution in [0.1, 0.15) is 49.5 Å². The van der Waals surface area contributed by atoms with Gasteiger partial charge in [0.25, 0.3) is 0 Å².